The average Bonchev–Trinajstić information content (AvgIpc) is 2.93. The lowest BCUT2D eigenvalue weighted by molar-refractivity contribution is 0.0606. The molecule has 0 aliphatic carbocycles. The van der Waals surface area contributed by atoms with Gasteiger partial charge in [0.05, 0.1) is 17.2 Å². The molecule has 1 atom stereocenters. The van der Waals surface area contributed by atoms with Gasteiger partial charge in [-0.3, -0.25) is 9.69 Å². The monoisotopic (exact) mass is 282 g/mol. The van der Waals surface area contributed by atoms with Gasteiger partial charge in [0.25, 0.3) is 5.91 Å². The van der Waals surface area contributed by atoms with Gasteiger partial charge >= 0.3 is 0 Å². The second-order valence-electron chi connectivity index (χ2n) is 4.51. The largest absolute Gasteiger partial charge is 0.392 e. The van der Waals surface area contributed by atoms with Gasteiger partial charge in [-0.1, -0.05) is 19.1 Å². The maximum atomic E-state index is 12.1. The number of hydrogen-bond donors (Lipinski definition) is 2. The minimum Gasteiger partial charge on any atom is -0.392 e. The first-order chi connectivity index (χ1) is 9.13. The molecule has 0 radical (unpaired) electrons. The van der Waals surface area contributed by atoms with Crippen molar-refractivity contribution in [3.63, 3.8) is 0 Å². The van der Waals surface area contributed by atoms with Crippen molar-refractivity contribution in [2.45, 2.75) is 19.4 Å². The predicted octanol–water partition coefficient (Wildman–Crippen LogP) is -0.373. The molecule has 1 fully saturated rings. The lowest BCUT2D eigenvalue weighted by Crippen LogP contribution is -2.54. The van der Waals surface area contributed by atoms with Crippen LogP contribution < -0.4 is 5.73 Å². The van der Waals surface area contributed by atoms with Crippen LogP contribution in [0.1, 0.15) is 23.8 Å². The van der Waals surface area contributed by atoms with Crippen LogP contribution in [0.5, 0.6) is 0 Å². The number of aromatic amines is 1. The van der Waals surface area contributed by atoms with E-state index in [4.69, 9.17) is 18.0 Å². The number of H-pyrrole nitrogens is 1. The Bertz CT molecular complexity index is 440. The molecule has 7 nitrogen and oxygen atoms in total. The SMILES string of the molecule is CCC(C(N)=S)N1CCN(C(=O)c2cn[nH]n2)CC1. The van der Waals surface area contributed by atoms with Gasteiger partial charge in [-0.2, -0.15) is 15.4 Å². The van der Waals surface area contributed by atoms with E-state index < -0.39 is 0 Å². The van der Waals surface area contributed by atoms with Crippen LogP contribution in [0.15, 0.2) is 6.20 Å². The van der Waals surface area contributed by atoms with E-state index in [2.05, 4.69) is 27.2 Å². The minimum absolute atomic E-state index is 0.0863. The summed E-state index contributed by atoms with van der Waals surface area (Å²) in [4.78, 5) is 16.6. The van der Waals surface area contributed by atoms with Crippen molar-refractivity contribution in [1.82, 2.24) is 25.2 Å². The van der Waals surface area contributed by atoms with E-state index in [9.17, 15) is 4.79 Å². The molecule has 0 saturated carbocycles. The van der Waals surface area contributed by atoms with Gasteiger partial charge in [0.2, 0.25) is 0 Å². The van der Waals surface area contributed by atoms with Crippen LogP contribution in [0.3, 0.4) is 0 Å². The molecule has 19 heavy (non-hydrogen) atoms. The standard InChI is InChI=1S/C11H18N6OS/c1-2-9(10(12)19)16-3-5-17(6-4-16)11(18)8-7-13-15-14-8/h7,9H,2-6H2,1H3,(H2,12,19)(H,13,14,15). The zero-order valence-electron chi connectivity index (χ0n) is 10.9. The molecule has 3 N–H and O–H groups in total. The molecule has 0 bridgehead atoms. The maximum absolute atomic E-state index is 12.1. The minimum atomic E-state index is -0.0863. The van der Waals surface area contributed by atoms with Crippen molar-refractivity contribution in [3.05, 3.63) is 11.9 Å². The van der Waals surface area contributed by atoms with E-state index in [1.54, 1.807) is 4.90 Å². The van der Waals surface area contributed by atoms with Gasteiger partial charge in [0, 0.05) is 26.2 Å². The Morgan fingerprint density at radius 2 is 2.21 bits per heavy atom. The smallest absolute Gasteiger partial charge is 0.276 e. The van der Waals surface area contributed by atoms with E-state index >= 15 is 0 Å². The number of nitrogens with two attached hydrogens (primary N) is 1. The van der Waals surface area contributed by atoms with Crippen LogP contribution in [0.2, 0.25) is 0 Å². The molecule has 1 amide bonds. The number of rotatable bonds is 4. The van der Waals surface area contributed by atoms with Gasteiger partial charge in [0.1, 0.15) is 0 Å². The van der Waals surface area contributed by atoms with E-state index in [1.165, 1.54) is 6.20 Å². The molecule has 1 aliphatic rings. The Kier molecular flexibility index (Phi) is 4.43. The normalized spacial score (nSPS) is 18.3. The van der Waals surface area contributed by atoms with Crippen LogP contribution >= 0.6 is 12.2 Å². The third-order valence-corrected chi connectivity index (χ3v) is 3.66. The number of hydrogen-bond acceptors (Lipinski definition) is 5. The maximum Gasteiger partial charge on any atom is 0.276 e. The highest BCUT2D eigenvalue weighted by atomic mass is 32.1. The number of thiocarbonyl (C=S) groups is 1. The number of nitrogens with one attached hydrogen (secondary N) is 1. The third-order valence-electron chi connectivity index (χ3n) is 3.39. The van der Waals surface area contributed by atoms with Crippen molar-refractivity contribution in [1.29, 1.82) is 0 Å². The van der Waals surface area contributed by atoms with Gasteiger partial charge in [-0.15, -0.1) is 0 Å². The van der Waals surface area contributed by atoms with E-state index in [0.29, 0.717) is 23.8 Å². The van der Waals surface area contributed by atoms with Gasteiger partial charge < -0.3 is 10.6 Å². The van der Waals surface area contributed by atoms with Crippen molar-refractivity contribution >= 4 is 23.1 Å². The summed E-state index contributed by atoms with van der Waals surface area (Å²) in [5, 5.41) is 9.91. The molecule has 1 saturated heterocycles. The second-order valence-corrected chi connectivity index (χ2v) is 4.98. The molecule has 1 unspecified atom stereocenters. The average molecular weight is 282 g/mol. The van der Waals surface area contributed by atoms with E-state index in [0.717, 1.165) is 19.5 Å². The summed E-state index contributed by atoms with van der Waals surface area (Å²) in [6, 6.07) is 0.124. The number of nitrogens with zero attached hydrogens (tertiary/aromatic N) is 4. The van der Waals surface area contributed by atoms with Gasteiger partial charge in [-0.25, -0.2) is 0 Å². The van der Waals surface area contributed by atoms with Crippen LogP contribution in [0.4, 0.5) is 0 Å². The topological polar surface area (TPSA) is 91.1 Å². The Labute approximate surface area is 117 Å². The molecule has 1 aromatic rings. The fourth-order valence-corrected chi connectivity index (χ4v) is 2.66. The molecule has 2 heterocycles. The molecule has 0 aromatic carbocycles. The number of aromatic nitrogens is 3. The first kappa shape index (κ1) is 13.9. The van der Waals surface area contributed by atoms with Gasteiger partial charge in [0.15, 0.2) is 5.69 Å². The summed E-state index contributed by atoms with van der Waals surface area (Å²) in [6.45, 7) is 4.94. The van der Waals surface area contributed by atoms with E-state index in [-0.39, 0.29) is 11.9 Å². The third kappa shape index (κ3) is 3.07. The molecular weight excluding hydrogens is 264 g/mol. The highest BCUT2D eigenvalue weighted by Gasteiger charge is 2.27. The van der Waals surface area contributed by atoms with Crippen molar-refractivity contribution in [3.8, 4) is 0 Å². The number of amides is 1. The fraction of sp³-hybridized carbons (Fsp3) is 0.636. The molecule has 104 valence electrons. The molecule has 2 rings (SSSR count). The molecule has 0 spiro atoms. The lowest BCUT2D eigenvalue weighted by atomic mass is 10.1. The summed E-state index contributed by atoms with van der Waals surface area (Å²) in [7, 11) is 0. The number of carbonyl (C=O) groups is 1. The number of piperazine rings is 1. The summed E-state index contributed by atoms with van der Waals surface area (Å²) < 4.78 is 0. The molecule has 8 heteroatoms. The van der Waals surface area contributed by atoms with Gasteiger partial charge in [-0.05, 0) is 6.42 Å². The van der Waals surface area contributed by atoms with Crippen LogP contribution in [-0.4, -0.2) is 68.3 Å². The van der Waals surface area contributed by atoms with E-state index in [1.807, 2.05) is 0 Å². The molecule has 1 aliphatic heterocycles. The zero-order valence-corrected chi connectivity index (χ0v) is 11.7. The first-order valence-electron chi connectivity index (χ1n) is 6.32. The van der Waals surface area contributed by atoms with Crippen LogP contribution in [0.25, 0.3) is 0 Å². The fourth-order valence-electron chi connectivity index (χ4n) is 2.34. The summed E-state index contributed by atoms with van der Waals surface area (Å²) >= 11 is 5.08. The van der Waals surface area contributed by atoms with Crippen molar-refractivity contribution in [2.24, 2.45) is 5.73 Å². The first-order valence-corrected chi connectivity index (χ1v) is 6.72. The van der Waals surface area contributed by atoms with Crippen molar-refractivity contribution < 1.29 is 4.79 Å². The Morgan fingerprint density at radius 3 is 2.68 bits per heavy atom. The summed E-state index contributed by atoms with van der Waals surface area (Å²) in [5.74, 6) is -0.0863. The Hall–Kier alpha value is -1.54. The quantitative estimate of drug-likeness (QED) is 0.732. The van der Waals surface area contributed by atoms with Crippen molar-refractivity contribution in [2.75, 3.05) is 26.2 Å². The van der Waals surface area contributed by atoms with Crippen LogP contribution in [-0.2, 0) is 0 Å². The number of carbonyl (C=O) groups excluding carboxylic acids is 1. The zero-order chi connectivity index (χ0) is 13.8. The van der Waals surface area contributed by atoms with Crippen LogP contribution in [0, 0.1) is 0 Å². The highest BCUT2D eigenvalue weighted by Crippen LogP contribution is 2.11. The summed E-state index contributed by atoms with van der Waals surface area (Å²) in [5.41, 5.74) is 6.09. The Morgan fingerprint density at radius 1 is 1.53 bits per heavy atom. The molecular formula is C11H18N6OS. The summed E-state index contributed by atoms with van der Waals surface area (Å²) in [6.07, 6.45) is 2.34. The molecule has 1 aromatic heterocycles. The predicted molar refractivity (Wildman–Crippen MR) is 74.7 cm³/mol. The highest BCUT2D eigenvalue weighted by molar-refractivity contribution is 7.80. The second kappa shape index (κ2) is 6.07. The Balaban J connectivity index is 1.92. The lowest BCUT2D eigenvalue weighted by Gasteiger charge is -2.38.